The first-order valence-corrected chi connectivity index (χ1v) is 7.53. The zero-order chi connectivity index (χ0) is 16.3. The SMILES string of the molecule is CC(C)CC(=O)Nc1cc(C(F)(F)F)ccc1N1CCCC1. The van der Waals surface area contributed by atoms with Crippen LogP contribution in [-0.2, 0) is 11.0 Å². The van der Waals surface area contributed by atoms with Crippen molar-refractivity contribution in [1.29, 1.82) is 0 Å². The molecule has 3 nitrogen and oxygen atoms in total. The molecule has 1 amide bonds. The lowest BCUT2D eigenvalue weighted by molar-refractivity contribution is -0.137. The normalized spacial score (nSPS) is 15.5. The van der Waals surface area contributed by atoms with E-state index in [0.29, 0.717) is 5.69 Å². The number of benzene rings is 1. The smallest absolute Gasteiger partial charge is 0.370 e. The summed E-state index contributed by atoms with van der Waals surface area (Å²) in [6.07, 6.45) is -2.10. The predicted molar refractivity (Wildman–Crippen MR) is 81.0 cm³/mol. The van der Waals surface area contributed by atoms with Gasteiger partial charge in [-0.1, -0.05) is 13.8 Å². The van der Waals surface area contributed by atoms with Crippen LogP contribution in [0.3, 0.4) is 0 Å². The number of hydrogen-bond acceptors (Lipinski definition) is 2. The fraction of sp³-hybridized carbons (Fsp3) is 0.562. The topological polar surface area (TPSA) is 32.3 Å². The lowest BCUT2D eigenvalue weighted by Crippen LogP contribution is -2.22. The molecule has 0 radical (unpaired) electrons. The van der Waals surface area contributed by atoms with Gasteiger partial charge in [0.15, 0.2) is 0 Å². The summed E-state index contributed by atoms with van der Waals surface area (Å²) in [5.74, 6) is -0.101. The Morgan fingerprint density at radius 2 is 1.91 bits per heavy atom. The third kappa shape index (κ3) is 4.15. The number of amides is 1. The number of rotatable bonds is 4. The molecule has 1 aromatic rings. The van der Waals surface area contributed by atoms with Crippen molar-refractivity contribution in [2.75, 3.05) is 23.3 Å². The van der Waals surface area contributed by atoms with Crippen molar-refractivity contribution in [2.24, 2.45) is 5.92 Å². The first kappa shape index (κ1) is 16.6. The molecule has 2 rings (SSSR count). The molecule has 0 saturated carbocycles. The quantitative estimate of drug-likeness (QED) is 0.899. The van der Waals surface area contributed by atoms with Crippen LogP contribution in [0, 0.1) is 5.92 Å². The Morgan fingerprint density at radius 3 is 2.45 bits per heavy atom. The van der Waals surface area contributed by atoms with Gasteiger partial charge in [0.25, 0.3) is 0 Å². The monoisotopic (exact) mass is 314 g/mol. The Hall–Kier alpha value is -1.72. The van der Waals surface area contributed by atoms with Crippen LogP contribution in [0.4, 0.5) is 24.5 Å². The third-order valence-corrected chi connectivity index (χ3v) is 3.64. The summed E-state index contributed by atoms with van der Waals surface area (Å²) in [6.45, 7) is 5.40. The molecular weight excluding hydrogens is 293 g/mol. The number of hydrogen-bond donors (Lipinski definition) is 1. The van der Waals surface area contributed by atoms with Gasteiger partial charge in [-0.3, -0.25) is 4.79 Å². The van der Waals surface area contributed by atoms with E-state index in [4.69, 9.17) is 0 Å². The van der Waals surface area contributed by atoms with Gasteiger partial charge in [-0.15, -0.1) is 0 Å². The maximum absolute atomic E-state index is 12.9. The first-order chi connectivity index (χ1) is 10.3. The molecule has 1 aromatic carbocycles. The van der Waals surface area contributed by atoms with Gasteiger partial charge in [0.05, 0.1) is 16.9 Å². The van der Waals surface area contributed by atoms with Gasteiger partial charge in [0, 0.05) is 19.5 Å². The minimum absolute atomic E-state index is 0.154. The summed E-state index contributed by atoms with van der Waals surface area (Å²) in [5, 5.41) is 2.65. The van der Waals surface area contributed by atoms with Crippen LogP contribution in [0.5, 0.6) is 0 Å². The molecular formula is C16H21F3N2O. The molecule has 1 fully saturated rings. The third-order valence-electron chi connectivity index (χ3n) is 3.64. The number of nitrogens with zero attached hydrogens (tertiary/aromatic N) is 1. The molecule has 1 aliphatic heterocycles. The van der Waals surface area contributed by atoms with Crippen LogP contribution in [0.2, 0.25) is 0 Å². The van der Waals surface area contributed by atoms with E-state index >= 15 is 0 Å². The van der Waals surface area contributed by atoms with E-state index in [-0.39, 0.29) is 23.9 Å². The fourth-order valence-electron chi connectivity index (χ4n) is 2.62. The highest BCUT2D eigenvalue weighted by Crippen LogP contribution is 2.36. The maximum Gasteiger partial charge on any atom is 0.416 e. The number of nitrogens with one attached hydrogen (secondary N) is 1. The molecule has 0 spiro atoms. The van der Waals surface area contributed by atoms with Gasteiger partial charge in [-0.05, 0) is 37.0 Å². The van der Waals surface area contributed by atoms with E-state index in [2.05, 4.69) is 5.32 Å². The Balaban J connectivity index is 2.30. The van der Waals surface area contributed by atoms with Crippen molar-refractivity contribution in [3.8, 4) is 0 Å². The first-order valence-electron chi connectivity index (χ1n) is 7.53. The standard InChI is InChI=1S/C16H21F3N2O/c1-11(2)9-15(22)20-13-10-12(16(17,18)19)5-6-14(13)21-7-3-4-8-21/h5-6,10-11H,3-4,7-9H2,1-2H3,(H,20,22). The molecule has 1 N–H and O–H groups in total. The Morgan fingerprint density at radius 1 is 1.27 bits per heavy atom. The van der Waals surface area contributed by atoms with E-state index in [0.717, 1.165) is 38.1 Å². The van der Waals surface area contributed by atoms with Crippen molar-refractivity contribution in [1.82, 2.24) is 0 Å². The summed E-state index contributed by atoms with van der Waals surface area (Å²) in [6, 6.07) is 3.57. The average Bonchev–Trinajstić information content (AvgIpc) is 2.90. The Kier molecular flexibility index (Phi) is 4.98. The Bertz CT molecular complexity index is 535. The minimum atomic E-state index is -4.42. The van der Waals surface area contributed by atoms with Crippen LogP contribution in [-0.4, -0.2) is 19.0 Å². The summed E-state index contributed by atoms with van der Waals surface area (Å²) in [7, 11) is 0. The molecule has 0 unspecified atom stereocenters. The molecule has 1 heterocycles. The number of alkyl halides is 3. The van der Waals surface area contributed by atoms with Crippen LogP contribution in [0.15, 0.2) is 18.2 Å². The fourth-order valence-corrected chi connectivity index (χ4v) is 2.62. The highest BCUT2D eigenvalue weighted by atomic mass is 19.4. The van der Waals surface area contributed by atoms with Gasteiger partial charge >= 0.3 is 6.18 Å². The molecule has 0 aromatic heterocycles. The summed E-state index contributed by atoms with van der Waals surface area (Å²) in [5.41, 5.74) is 0.181. The molecule has 122 valence electrons. The second-order valence-electron chi connectivity index (χ2n) is 6.07. The number of carbonyl (C=O) groups is 1. The van der Waals surface area contributed by atoms with Gasteiger partial charge < -0.3 is 10.2 Å². The zero-order valence-corrected chi connectivity index (χ0v) is 12.8. The largest absolute Gasteiger partial charge is 0.416 e. The second kappa shape index (κ2) is 6.58. The molecule has 6 heteroatoms. The van der Waals surface area contributed by atoms with E-state index in [1.165, 1.54) is 6.07 Å². The van der Waals surface area contributed by atoms with Gasteiger partial charge in [0.1, 0.15) is 0 Å². The molecule has 0 atom stereocenters. The van der Waals surface area contributed by atoms with E-state index in [1.54, 1.807) is 0 Å². The number of halogens is 3. The molecule has 1 aliphatic rings. The molecule has 0 aliphatic carbocycles. The van der Waals surface area contributed by atoms with Crippen LogP contribution in [0.25, 0.3) is 0 Å². The van der Waals surface area contributed by atoms with Crippen molar-refractivity contribution in [2.45, 2.75) is 39.3 Å². The number of anilines is 2. The van der Waals surface area contributed by atoms with Crippen LogP contribution in [0.1, 0.15) is 38.7 Å². The zero-order valence-electron chi connectivity index (χ0n) is 12.8. The minimum Gasteiger partial charge on any atom is -0.370 e. The van der Waals surface area contributed by atoms with Gasteiger partial charge in [0.2, 0.25) is 5.91 Å². The van der Waals surface area contributed by atoms with E-state index in [9.17, 15) is 18.0 Å². The summed E-state index contributed by atoms with van der Waals surface area (Å²) in [4.78, 5) is 14.0. The van der Waals surface area contributed by atoms with Gasteiger partial charge in [-0.25, -0.2) is 0 Å². The van der Waals surface area contributed by atoms with Crippen molar-refractivity contribution in [3.05, 3.63) is 23.8 Å². The van der Waals surface area contributed by atoms with E-state index in [1.807, 2.05) is 18.7 Å². The summed E-state index contributed by atoms with van der Waals surface area (Å²) >= 11 is 0. The van der Waals surface area contributed by atoms with Crippen molar-refractivity contribution >= 4 is 17.3 Å². The van der Waals surface area contributed by atoms with Crippen molar-refractivity contribution < 1.29 is 18.0 Å². The van der Waals surface area contributed by atoms with Gasteiger partial charge in [-0.2, -0.15) is 13.2 Å². The van der Waals surface area contributed by atoms with E-state index < -0.39 is 11.7 Å². The Labute approximate surface area is 128 Å². The van der Waals surface area contributed by atoms with Crippen LogP contribution < -0.4 is 10.2 Å². The molecule has 22 heavy (non-hydrogen) atoms. The maximum atomic E-state index is 12.9. The lowest BCUT2D eigenvalue weighted by atomic mass is 10.1. The highest BCUT2D eigenvalue weighted by molar-refractivity contribution is 5.94. The molecule has 0 bridgehead atoms. The lowest BCUT2D eigenvalue weighted by Gasteiger charge is -2.23. The second-order valence-corrected chi connectivity index (χ2v) is 6.07. The predicted octanol–water partition coefficient (Wildman–Crippen LogP) is 4.29. The van der Waals surface area contributed by atoms with Crippen LogP contribution >= 0.6 is 0 Å². The number of carbonyl (C=O) groups excluding carboxylic acids is 1. The summed E-state index contributed by atoms with van der Waals surface area (Å²) < 4.78 is 38.7. The van der Waals surface area contributed by atoms with Crippen molar-refractivity contribution in [3.63, 3.8) is 0 Å². The average molecular weight is 314 g/mol. The molecule has 1 saturated heterocycles. The highest BCUT2D eigenvalue weighted by Gasteiger charge is 2.32.